The molecular formula is C8H16BNO2. The van der Waals surface area contributed by atoms with Gasteiger partial charge in [0, 0.05) is 6.54 Å². The summed E-state index contributed by atoms with van der Waals surface area (Å²) in [5, 5.41) is 0. The fraction of sp³-hybridized carbons (Fsp3) is 0.750. The third kappa shape index (κ3) is 4.16. The number of hydrogen-bond donors (Lipinski definition) is 0. The van der Waals surface area contributed by atoms with Crippen LogP contribution in [0.15, 0.2) is 0 Å². The van der Waals surface area contributed by atoms with Gasteiger partial charge in [-0.05, 0) is 19.7 Å². The van der Waals surface area contributed by atoms with Crippen molar-refractivity contribution < 1.29 is 9.59 Å². The Morgan fingerprint density at radius 2 is 2.00 bits per heavy atom. The zero-order chi connectivity index (χ0) is 9.56. The first-order chi connectivity index (χ1) is 5.61. The van der Waals surface area contributed by atoms with Gasteiger partial charge in [-0.25, -0.2) is 0 Å². The molecule has 4 heteroatoms. The molecule has 3 nitrogen and oxygen atoms in total. The lowest BCUT2D eigenvalue weighted by atomic mass is 10.0. The van der Waals surface area contributed by atoms with E-state index in [1.54, 1.807) is 4.90 Å². The molecule has 1 amide bonds. The van der Waals surface area contributed by atoms with Crippen molar-refractivity contribution in [1.29, 1.82) is 0 Å². The van der Waals surface area contributed by atoms with Gasteiger partial charge in [-0.2, -0.15) is 0 Å². The molecule has 0 spiro atoms. The van der Waals surface area contributed by atoms with Gasteiger partial charge >= 0.3 is 0 Å². The number of hydrogen-bond acceptors (Lipinski definition) is 2. The van der Waals surface area contributed by atoms with Crippen LogP contribution >= 0.6 is 0 Å². The highest BCUT2D eigenvalue weighted by Gasteiger charge is 2.11. The summed E-state index contributed by atoms with van der Waals surface area (Å²) in [6, 6.07) is 0. The maximum absolute atomic E-state index is 11.2. The molecule has 0 atom stereocenters. The summed E-state index contributed by atoms with van der Waals surface area (Å²) < 4.78 is 0. The molecule has 0 fully saturated rings. The fourth-order valence-electron chi connectivity index (χ4n) is 1.05. The summed E-state index contributed by atoms with van der Waals surface area (Å²) in [5.41, 5.74) is 0. The van der Waals surface area contributed by atoms with E-state index in [0.717, 1.165) is 6.42 Å². The summed E-state index contributed by atoms with van der Waals surface area (Å²) in [4.78, 5) is 23.6. The number of rotatable bonds is 5. The van der Waals surface area contributed by atoms with Gasteiger partial charge in [0.05, 0.1) is 6.54 Å². The second-order valence-electron chi connectivity index (χ2n) is 2.87. The first-order valence-electron chi connectivity index (χ1n) is 4.39. The number of carbonyl (C=O) groups is 2. The molecule has 0 radical (unpaired) electrons. The average molecular weight is 169 g/mol. The Bertz CT molecular complexity index is 170. The first kappa shape index (κ1) is 11.2. The maximum Gasteiger partial charge on any atom is 0.215 e. The summed E-state index contributed by atoms with van der Waals surface area (Å²) in [7, 11) is 1.81. The lowest BCUT2D eigenvalue weighted by Gasteiger charge is -2.19. The van der Waals surface area contributed by atoms with Gasteiger partial charge in [0.1, 0.15) is 13.6 Å². The third-order valence-electron chi connectivity index (χ3n) is 1.56. The Hall–Kier alpha value is -0.795. The Labute approximate surface area is 74.5 Å². The molecule has 0 heterocycles. The zero-order valence-electron chi connectivity index (χ0n) is 8.09. The summed E-state index contributed by atoms with van der Waals surface area (Å²) in [5.74, 6) is 0.109. The number of carbonyl (C=O) groups excluding carboxylic acids is 2. The van der Waals surface area contributed by atoms with Crippen molar-refractivity contribution >= 4 is 19.5 Å². The number of Topliss-reactive ketones (excluding diaryl/α,β-unsaturated/α-hetero) is 1. The van der Waals surface area contributed by atoms with E-state index in [2.05, 4.69) is 0 Å². The van der Waals surface area contributed by atoms with Crippen LogP contribution in [0.25, 0.3) is 0 Å². The van der Waals surface area contributed by atoms with Crippen molar-refractivity contribution in [3.8, 4) is 0 Å². The standard InChI is InChI=1S/C8H16BNO2/c1-3-4-10(6-7(2)11)8(12)5-9/h3-6,9H2,1-2H3. The largest absolute Gasteiger partial charge is 0.336 e. The second kappa shape index (κ2) is 5.80. The van der Waals surface area contributed by atoms with Crippen molar-refractivity contribution in [2.45, 2.75) is 26.6 Å². The Kier molecular flexibility index (Phi) is 5.42. The second-order valence-corrected chi connectivity index (χ2v) is 2.87. The lowest BCUT2D eigenvalue weighted by molar-refractivity contribution is -0.132. The monoisotopic (exact) mass is 169 g/mol. The average Bonchev–Trinajstić information content (AvgIpc) is 2.01. The van der Waals surface area contributed by atoms with Crippen LogP contribution < -0.4 is 0 Å². The van der Waals surface area contributed by atoms with E-state index >= 15 is 0 Å². The molecule has 12 heavy (non-hydrogen) atoms. The Balaban J connectivity index is 4.02. The molecule has 0 aromatic heterocycles. The number of amides is 1. The predicted octanol–water partition coefficient (Wildman–Crippen LogP) is -0.135. The highest BCUT2D eigenvalue weighted by molar-refractivity contribution is 6.19. The van der Waals surface area contributed by atoms with Gasteiger partial charge in [0.25, 0.3) is 0 Å². The van der Waals surface area contributed by atoms with Crippen LogP contribution in [0.5, 0.6) is 0 Å². The quantitative estimate of drug-likeness (QED) is 0.537. The molecule has 0 saturated heterocycles. The molecule has 68 valence electrons. The summed E-state index contributed by atoms with van der Waals surface area (Å²) >= 11 is 0. The van der Waals surface area contributed by atoms with E-state index in [9.17, 15) is 9.59 Å². The van der Waals surface area contributed by atoms with Crippen LogP contribution in [-0.4, -0.2) is 37.5 Å². The van der Waals surface area contributed by atoms with Crippen molar-refractivity contribution in [1.82, 2.24) is 4.90 Å². The fourth-order valence-corrected chi connectivity index (χ4v) is 1.05. The van der Waals surface area contributed by atoms with Crippen LogP contribution in [0.3, 0.4) is 0 Å². The molecular weight excluding hydrogens is 153 g/mol. The highest BCUT2D eigenvalue weighted by Crippen LogP contribution is 1.95. The van der Waals surface area contributed by atoms with Crippen LogP contribution in [0.2, 0.25) is 6.32 Å². The van der Waals surface area contributed by atoms with Crippen LogP contribution in [0.4, 0.5) is 0 Å². The van der Waals surface area contributed by atoms with Gasteiger partial charge in [-0.3, -0.25) is 9.59 Å². The maximum atomic E-state index is 11.2. The molecule has 0 N–H and O–H groups in total. The minimum atomic E-state index is 0.0465. The van der Waals surface area contributed by atoms with Crippen LogP contribution in [-0.2, 0) is 9.59 Å². The van der Waals surface area contributed by atoms with Crippen molar-refractivity contribution in [3.05, 3.63) is 0 Å². The summed E-state index contributed by atoms with van der Waals surface area (Å²) in [6.07, 6.45) is 1.38. The van der Waals surface area contributed by atoms with Gasteiger partial charge in [0.15, 0.2) is 0 Å². The summed E-state index contributed by atoms with van der Waals surface area (Å²) in [6.45, 7) is 4.45. The normalized spacial score (nSPS) is 9.50. The molecule has 0 aromatic carbocycles. The van der Waals surface area contributed by atoms with Crippen molar-refractivity contribution in [3.63, 3.8) is 0 Å². The van der Waals surface area contributed by atoms with Gasteiger partial charge in [0.2, 0.25) is 5.91 Å². The Morgan fingerprint density at radius 1 is 1.42 bits per heavy atom. The van der Waals surface area contributed by atoms with Gasteiger partial charge in [-0.15, -0.1) is 0 Å². The van der Waals surface area contributed by atoms with Crippen molar-refractivity contribution in [2.75, 3.05) is 13.1 Å². The van der Waals surface area contributed by atoms with E-state index in [4.69, 9.17) is 0 Å². The van der Waals surface area contributed by atoms with Crippen LogP contribution in [0, 0.1) is 0 Å². The molecule has 0 unspecified atom stereocenters. The topological polar surface area (TPSA) is 37.4 Å². The van der Waals surface area contributed by atoms with Crippen LogP contribution in [0.1, 0.15) is 20.3 Å². The predicted molar refractivity (Wildman–Crippen MR) is 50.9 cm³/mol. The Morgan fingerprint density at radius 3 is 2.33 bits per heavy atom. The first-order valence-corrected chi connectivity index (χ1v) is 4.39. The van der Waals surface area contributed by atoms with Crippen molar-refractivity contribution in [2.24, 2.45) is 0 Å². The highest BCUT2D eigenvalue weighted by atomic mass is 16.2. The molecule has 0 rings (SSSR count). The molecule has 0 saturated carbocycles. The van der Waals surface area contributed by atoms with Gasteiger partial charge in [-0.1, -0.05) is 6.92 Å². The van der Waals surface area contributed by atoms with E-state index in [-0.39, 0.29) is 18.2 Å². The molecule has 0 aliphatic rings. The molecule has 0 aliphatic carbocycles. The van der Waals surface area contributed by atoms with E-state index in [0.29, 0.717) is 12.9 Å². The third-order valence-corrected chi connectivity index (χ3v) is 1.56. The van der Waals surface area contributed by atoms with E-state index in [1.165, 1.54) is 6.92 Å². The van der Waals surface area contributed by atoms with E-state index in [1.807, 2.05) is 14.8 Å². The zero-order valence-corrected chi connectivity index (χ0v) is 8.09. The van der Waals surface area contributed by atoms with E-state index < -0.39 is 0 Å². The molecule has 0 aliphatic heterocycles. The number of nitrogens with zero attached hydrogens (tertiary/aromatic N) is 1. The smallest absolute Gasteiger partial charge is 0.215 e. The lowest BCUT2D eigenvalue weighted by Crippen LogP contribution is -2.35. The minimum Gasteiger partial charge on any atom is -0.336 e. The SMILES string of the molecule is BCC(=O)N(CCC)CC(C)=O. The molecule has 0 bridgehead atoms. The molecule has 0 aromatic rings. The minimum absolute atomic E-state index is 0.0465. The van der Waals surface area contributed by atoms with Gasteiger partial charge < -0.3 is 4.90 Å². The number of ketones is 1.